The lowest BCUT2D eigenvalue weighted by Gasteiger charge is -2.02. The fourth-order valence-corrected chi connectivity index (χ4v) is 1.44. The van der Waals surface area contributed by atoms with Crippen LogP contribution in [0.15, 0.2) is 24.7 Å². The summed E-state index contributed by atoms with van der Waals surface area (Å²) < 4.78 is 6.43. The van der Waals surface area contributed by atoms with Crippen molar-refractivity contribution in [3.05, 3.63) is 41.5 Å². The van der Waals surface area contributed by atoms with Crippen molar-refractivity contribution in [2.24, 2.45) is 12.8 Å². The van der Waals surface area contributed by atoms with E-state index in [1.54, 1.807) is 23.1 Å². The van der Waals surface area contributed by atoms with E-state index in [0.717, 1.165) is 11.3 Å². The Hall–Kier alpha value is -2.81. The van der Waals surface area contributed by atoms with Gasteiger partial charge in [0.2, 0.25) is 0 Å². The van der Waals surface area contributed by atoms with Gasteiger partial charge in [-0.25, -0.2) is 4.79 Å². The zero-order valence-corrected chi connectivity index (χ0v) is 10.5. The Kier molecular flexibility index (Phi) is 3.48. The largest absolute Gasteiger partial charge is 0.410 e. The number of hydrogen-bond donors (Lipinski definition) is 1. The van der Waals surface area contributed by atoms with Gasteiger partial charge in [0.05, 0.1) is 23.7 Å². The molecule has 0 aromatic carbocycles. The molecule has 2 N–H and O–H groups in total. The van der Waals surface area contributed by atoms with Crippen molar-refractivity contribution in [2.75, 3.05) is 0 Å². The zero-order chi connectivity index (χ0) is 13.8. The van der Waals surface area contributed by atoms with Gasteiger partial charge < -0.3 is 10.5 Å². The predicted molar refractivity (Wildman–Crippen MR) is 68.4 cm³/mol. The van der Waals surface area contributed by atoms with Crippen molar-refractivity contribution >= 4 is 6.09 Å². The summed E-state index contributed by atoms with van der Waals surface area (Å²) in [5.74, 6) is 6.19. The Balaban J connectivity index is 2.29. The number of carbonyl (C=O) groups is 1. The van der Waals surface area contributed by atoms with E-state index in [1.165, 1.54) is 6.20 Å². The van der Waals surface area contributed by atoms with Crippen LogP contribution in [0.5, 0.6) is 5.75 Å². The van der Waals surface area contributed by atoms with Crippen LogP contribution >= 0.6 is 0 Å². The Labute approximate surface area is 110 Å². The van der Waals surface area contributed by atoms with Gasteiger partial charge in [-0.05, 0) is 6.92 Å². The number of aromatic nitrogens is 3. The highest BCUT2D eigenvalue weighted by Crippen LogP contribution is 2.14. The number of nitrogens with zero attached hydrogens (tertiary/aromatic N) is 3. The molecule has 0 bridgehead atoms. The SMILES string of the molecule is Cc1ncc(OC(N)=O)cc1C#Cc1cnn(C)c1. The van der Waals surface area contributed by atoms with E-state index < -0.39 is 6.09 Å². The van der Waals surface area contributed by atoms with Gasteiger partial charge in [0.15, 0.2) is 5.75 Å². The van der Waals surface area contributed by atoms with Gasteiger partial charge in [-0.15, -0.1) is 0 Å². The summed E-state index contributed by atoms with van der Waals surface area (Å²) in [4.78, 5) is 14.8. The Bertz CT molecular complexity index is 679. The molecule has 2 aromatic rings. The van der Waals surface area contributed by atoms with Crippen LogP contribution < -0.4 is 10.5 Å². The normalized spacial score (nSPS) is 9.58. The molecule has 6 nitrogen and oxygen atoms in total. The van der Waals surface area contributed by atoms with Crippen molar-refractivity contribution < 1.29 is 9.53 Å². The number of nitrogens with two attached hydrogens (primary N) is 1. The van der Waals surface area contributed by atoms with Gasteiger partial charge in [0.1, 0.15) is 0 Å². The summed E-state index contributed by atoms with van der Waals surface area (Å²) in [7, 11) is 1.82. The van der Waals surface area contributed by atoms with E-state index in [1.807, 2.05) is 14.0 Å². The average Bonchev–Trinajstić information content (AvgIpc) is 2.75. The fourth-order valence-electron chi connectivity index (χ4n) is 1.44. The van der Waals surface area contributed by atoms with Crippen molar-refractivity contribution in [1.82, 2.24) is 14.8 Å². The predicted octanol–water partition coefficient (Wildman–Crippen LogP) is 0.981. The van der Waals surface area contributed by atoms with Crippen LogP contribution in [-0.4, -0.2) is 20.9 Å². The summed E-state index contributed by atoms with van der Waals surface area (Å²) in [6, 6.07) is 1.62. The number of carbonyl (C=O) groups excluding carboxylic acids is 1. The Morgan fingerprint density at radius 1 is 1.42 bits per heavy atom. The van der Waals surface area contributed by atoms with Crippen molar-refractivity contribution in [3.63, 3.8) is 0 Å². The summed E-state index contributed by atoms with van der Waals surface area (Å²) in [6.45, 7) is 1.82. The van der Waals surface area contributed by atoms with Gasteiger partial charge in [-0.1, -0.05) is 11.8 Å². The third-order valence-electron chi connectivity index (χ3n) is 2.33. The number of rotatable bonds is 1. The van der Waals surface area contributed by atoms with E-state index in [4.69, 9.17) is 10.5 Å². The summed E-state index contributed by atoms with van der Waals surface area (Å²) >= 11 is 0. The number of hydrogen-bond acceptors (Lipinski definition) is 4. The Morgan fingerprint density at radius 3 is 2.84 bits per heavy atom. The number of ether oxygens (including phenoxy) is 1. The molecule has 0 unspecified atom stereocenters. The molecule has 19 heavy (non-hydrogen) atoms. The molecule has 0 aliphatic rings. The highest BCUT2D eigenvalue weighted by Gasteiger charge is 2.03. The van der Waals surface area contributed by atoms with E-state index in [-0.39, 0.29) is 5.75 Å². The smallest absolute Gasteiger partial charge is 0.409 e. The van der Waals surface area contributed by atoms with Gasteiger partial charge in [0, 0.05) is 24.9 Å². The van der Waals surface area contributed by atoms with E-state index >= 15 is 0 Å². The highest BCUT2D eigenvalue weighted by atomic mass is 16.5. The van der Waals surface area contributed by atoms with Crippen LogP contribution in [-0.2, 0) is 7.05 Å². The molecule has 2 heterocycles. The molecule has 0 atom stereocenters. The maximum atomic E-state index is 10.7. The minimum absolute atomic E-state index is 0.272. The minimum Gasteiger partial charge on any atom is -0.409 e. The molecule has 0 aliphatic carbocycles. The number of primary amides is 1. The molecular formula is C13H12N4O2. The molecule has 2 aromatic heterocycles. The zero-order valence-electron chi connectivity index (χ0n) is 10.5. The first-order valence-corrected chi connectivity index (χ1v) is 5.49. The Morgan fingerprint density at radius 2 is 2.21 bits per heavy atom. The van der Waals surface area contributed by atoms with Crippen LogP contribution in [0.25, 0.3) is 0 Å². The quantitative estimate of drug-likeness (QED) is 0.771. The fraction of sp³-hybridized carbons (Fsp3) is 0.154. The van der Waals surface area contributed by atoms with Gasteiger partial charge in [-0.2, -0.15) is 5.10 Å². The summed E-state index contributed by atoms with van der Waals surface area (Å²) in [5, 5.41) is 4.02. The maximum absolute atomic E-state index is 10.7. The number of aryl methyl sites for hydroxylation is 2. The molecule has 96 valence electrons. The summed E-state index contributed by atoms with van der Waals surface area (Å²) in [6.07, 6.45) is 4.02. The third kappa shape index (κ3) is 3.33. The molecule has 0 saturated carbocycles. The molecule has 2 rings (SSSR count). The van der Waals surface area contributed by atoms with Crippen LogP contribution in [0.1, 0.15) is 16.8 Å². The third-order valence-corrected chi connectivity index (χ3v) is 2.33. The molecule has 0 spiro atoms. The van der Waals surface area contributed by atoms with Gasteiger partial charge in [-0.3, -0.25) is 9.67 Å². The van der Waals surface area contributed by atoms with Crippen molar-refractivity contribution in [2.45, 2.75) is 6.92 Å². The molecule has 0 radical (unpaired) electrons. The first kappa shape index (κ1) is 12.6. The van der Waals surface area contributed by atoms with Crippen molar-refractivity contribution in [1.29, 1.82) is 0 Å². The molecule has 6 heteroatoms. The topological polar surface area (TPSA) is 83.0 Å². The van der Waals surface area contributed by atoms with Crippen LogP contribution in [0.2, 0.25) is 0 Å². The lowest BCUT2D eigenvalue weighted by molar-refractivity contribution is 0.210. The highest BCUT2D eigenvalue weighted by molar-refractivity contribution is 5.68. The van der Waals surface area contributed by atoms with Gasteiger partial charge >= 0.3 is 6.09 Å². The second kappa shape index (κ2) is 5.23. The van der Waals surface area contributed by atoms with Crippen LogP contribution in [0.4, 0.5) is 4.79 Å². The standard InChI is InChI=1S/C13H12N4O2/c1-9-11(4-3-10-6-16-17(2)8-10)5-12(7-15-9)19-13(14)18/h5-8H,1-2H3,(H2,14,18). The summed E-state index contributed by atoms with van der Waals surface area (Å²) in [5.41, 5.74) is 7.15. The first-order valence-electron chi connectivity index (χ1n) is 5.49. The van der Waals surface area contributed by atoms with Crippen LogP contribution in [0, 0.1) is 18.8 Å². The van der Waals surface area contributed by atoms with E-state index in [2.05, 4.69) is 21.9 Å². The number of pyridine rings is 1. The molecule has 0 fully saturated rings. The average molecular weight is 256 g/mol. The maximum Gasteiger partial charge on any atom is 0.410 e. The molecule has 1 amide bonds. The monoisotopic (exact) mass is 256 g/mol. The first-order chi connectivity index (χ1) is 9.04. The number of amides is 1. The second-order valence-electron chi connectivity index (χ2n) is 3.88. The van der Waals surface area contributed by atoms with Crippen LogP contribution in [0.3, 0.4) is 0 Å². The second-order valence-corrected chi connectivity index (χ2v) is 3.88. The van der Waals surface area contributed by atoms with Crippen molar-refractivity contribution in [3.8, 4) is 17.6 Å². The lowest BCUT2D eigenvalue weighted by Crippen LogP contribution is -2.16. The molecule has 0 aliphatic heterocycles. The van der Waals surface area contributed by atoms with E-state index in [0.29, 0.717) is 5.56 Å². The lowest BCUT2D eigenvalue weighted by atomic mass is 10.2. The molecule has 0 saturated heterocycles. The van der Waals surface area contributed by atoms with Gasteiger partial charge in [0.25, 0.3) is 0 Å². The minimum atomic E-state index is -0.878. The van der Waals surface area contributed by atoms with E-state index in [9.17, 15) is 4.79 Å². The molecular weight excluding hydrogens is 244 g/mol.